The quantitative estimate of drug-likeness (QED) is 0.413. The van der Waals surface area contributed by atoms with Gasteiger partial charge in [-0.05, 0) is 48.4 Å². The summed E-state index contributed by atoms with van der Waals surface area (Å²) in [7, 11) is 0. The van der Waals surface area contributed by atoms with Crippen LogP contribution in [-0.4, -0.2) is 26.4 Å². The lowest BCUT2D eigenvalue weighted by molar-refractivity contribution is -0.113. The molecule has 0 aliphatic carbocycles. The Labute approximate surface area is 188 Å². The van der Waals surface area contributed by atoms with E-state index in [0.29, 0.717) is 31.8 Å². The van der Waals surface area contributed by atoms with E-state index in [9.17, 15) is 4.79 Å². The highest BCUT2D eigenvalue weighted by molar-refractivity contribution is 7.99. The van der Waals surface area contributed by atoms with E-state index >= 15 is 0 Å². The molecule has 1 N–H and O–H groups in total. The Morgan fingerprint density at radius 2 is 1.69 bits per heavy atom. The third-order valence-electron chi connectivity index (χ3n) is 3.85. The zero-order valence-electron chi connectivity index (χ0n) is 15.8. The van der Waals surface area contributed by atoms with E-state index in [-0.39, 0.29) is 11.7 Å². The number of benzene rings is 2. The van der Waals surface area contributed by atoms with Crippen molar-refractivity contribution in [2.75, 3.05) is 11.1 Å². The average Bonchev–Trinajstić information content (AvgIpc) is 3.01. The number of aromatic nitrogens is 3. The first-order chi connectivity index (χ1) is 13.8. The molecule has 152 valence electrons. The largest absolute Gasteiger partial charge is 0.325 e. The van der Waals surface area contributed by atoms with Crippen LogP contribution in [0.3, 0.4) is 0 Å². The molecular formula is C20H19Cl3N4OS. The standard InChI is InChI=1S/C20H19Cl3N4OS/c1-12(2)10-27-19(13-3-5-14(21)6-4-13)25-26-20(27)29-11-18(28)24-17-8-15(22)7-16(23)9-17/h3-9,12H,10-11H2,1-2H3,(H,24,28). The van der Waals surface area contributed by atoms with Gasteiger partial charge in [-0.2, -0.15) is 0 Å². The van der Waals surface area contributed by atoms with Crippen LogP contribution < -0.4 is 5.32 Å². The number of thioether (sulfide) groups is 1. The lowest BCUT2D eigenvalue weighted by atomic mass is 10.2. The summed E-state index contributed by atoms with van der Waals surface area (Å²) in [5.74, 6) is 1.14. The minimum absolute atomic E-state index is 0.180. The third kappa shape index (κ3) is 6.12. The maximum atomic E-state index is 12.4. The Bertz CT molecular complexity index is 985. The molecule has 0 aliphatic heterocycles. The van der Waals surface area contributed by atoms with E-state index in [2.05, 4.69) is 29.4 Å². The van der Waals surface area contributed by atoms with Crippen molar-refractivity contribution >= 4 is 58.2 Å². The first-order valence-corrected chi connectivity index (χ1v) is 11.0. The van der Waals surface area contributed by atoms with Crippen LogP contribution in [0.1, 0.15) is 13.8 Å². The number of halogens is 3. The fourth-order valence-corrected chi connectivity index (χ4v) is 4.09. The molecule has 5 nitrogen and oxygen atoms in total. The minimum atomic E-state index is -0.180. The summed E-state index contributed by atoms with van der Waals surface area (Å²) in [6, 6.07) is 12.4. The molecule has 0 spiro atoms. The van der Waals surface area contributed by atoms with Crippen molar-refractivity contribution in [2.45, 2.75) is 25.5 Å². The van der Waals surface area contributed by atoms with Crippen LogP contribution >= 0.6 is 46.6 Å². The molecule has 0 saturated carbocycles. The highest BCUT2D eigenvalue weighted by Gasteiger charge is 2.17. The summed E-state index contributed by atoms with van der Waals surface area (Å²) >= 11 is 19.3. The zero-order chi connectivity index (χ0) is 21.0. The molecule has 1 heterocycles. The van der Waals surface area contributed by atoms with Crippen molar-refractivity contribution in [1.82, 2.24) is 14.8 Å². The lowest BCUT2D eigenvalue weighted by Gasteiger charge is -2.12. The molecule has 1 aromatic heterocycles. The summed E-state index contributed by atoms with van der Waals surface area (Å²) in [6.45, 7) is 4.98. The fraction of sp³-hybridized carbons (Fsp3) is 0.250. The molecule has 1 amide bonds. The van der Waals surface area contributed by atoms with Gasteiger partial charge >= 0.3 is 0 Å². The van der Waals surface area contributed by atoms with Crippen LogP contribution in [0.25, 0.3) is 11.4 Å². The van der Waals surface area contributed by atoms with Crippen molar-refractivity contribution < 1.29 is 4.79 Å². The Balaban J connectivity index is 1.74. The van der Waals surface area contributed by atoms with Gasteiger partial charge in [-0.1, -0.05) is 60.4 Å². The average molecular weight is 470 g/mol. The number of amides is 1. The first kappa shape index (κ1) is 22.0. The second kappa shape index (κ2) is 9.85. The molecule has 0 radical (unpaired) electrons. The van der Waals surface area contributed by atoms with Crippen molar-refractivity contribution in [1.29, 1.82) is 0 Å². The second-order valence-corrected chi connectivity index (χ2v) is 9.06. The van der Waals surface area contributed by atoms with Crippen molar-refractivity contribution in [2.24, 2.45) is 5.92 Å². The SMILES string of the molecule is CC(C)Cn1c(SCC(=O)Nc2cc(Cl)cc(Cl)c2)nnc1-c1ccc(Cl)cc1. The number of hydrogen-bond donors (Lipinski definition) is 1. The Morgan fingerprint density at radius 3 is 2.31 bits per heavy atom. The molecular weight excluding hydrogens is 451 g/mol. The molecule has 0 saturated heterocycles. The zero-order valence-corrected chi connectivity index (χ0v) is 18.9. The van der Waals surface area contributed by atoms with Gasteiger partial charge in [-0.25, -0.2) is 0 Å². The molecule has 0 atom stereocenters. The molecule has 0 aliphatic rings. The minimum Gasteiger partial charge on any atom is -0.325 e. The van der Waals surface area contributed by atoms with Crippen LogP contribution in [0, 0.1) is 5.92 Å². The van der Waals surface area contributed by atoms with Gasteiger partial charge in [0.15, 0.2) is 11.0 Å². The Hall–Kier alpha value is -1.73. The highest BCUT2D eigenvalue weighted by atomic mass is 35.5. The summed E-state index contributed by atoms with van der Waals surface area (Å²) in [6.07, 6.45) is 0. The van der Waals surface area contributed by atoms with Crippen molar-refractivity contribution in [3.63, 3.8) is 0 Å². The van der Waals surface area contributed by atoms with Gasteiger partial charge in [0, 0.05) is 32.9 Å². The van der Waals surface area contributed by atoms with E-state index in [1.54, 1.807) is 18.2 Å². The van der Waals surface area contributed by atoms with Crippen LogP contribution in [0.15, 0.2) is 47.6 Å². The van der Waals surface area contributed by atoms with E-state index in [0.717, 1.165) is 17.9 Å². The second-order valence-electron chi connectivity index (χ2n) is 6.81. The van der Waals surface area contributed by atoms with E-state index < -0.39 is 0 Å². The smallest absolute Gasteiger partial charge is 0.234 e. The monoisotopic (exact) mass is 468 g/mol. The highest BCUT2D eigenvalue weighted by Crippen LogP contribution is 2.27. The number of carbonyl (C=O) groups excluding carboxylic acids is 1. The molecule has 0 bridgehead atoms. The van der Waals surface area contributed by atoms with Crippen LogP contribution in [-0.2, 0) is 11.3 Å². The third-order valence-corrected chi connectivity index (χ3v) is 5.50. The van der Waals surface area contributed by atoms with Gasteiger partial charge in [-0.15, -0.1) is 10.2 Å². The fourth-order valence-electron chi connectivity index (χ4n) is 2.69. The molecule has 2 aromatic carbocycles. The van der Waals surface area contributed by atoms with Crippen molar-refractivity contribution in [3.8, 4) is 11.4 Å². The molecule has 3 aromatic rings. The van der Waals surface area contributed by atoms with Crippen LogP contribution in [0.5, 0.6) is 0 Å². The van der Waals surface area contributed by atoms with Gasteiger partial charge in [-0.3, -0.25) is 4.79 Å². The Morgan fingerprint density at radius 1 is 1.03 bits per heavy atom. The van der Waals surface area contributed by atoms with E-state index in [1.807, 2.05) is 28.8 Å². The normalized spacial score (nSPS) is 11.1. The lowest BCUT2D eigenvalue weighted by Crippen LogP contribution is -2.15. The predicted molar refractivity (Wildman–Crippen MR) is 121 cm³/mol. The maximum Gasteiger partial charge on any atom is 0.234 e. The van der Waals surface area contributed by atoms with Gasteiger partial charge in [0.05, 0.1) is 5.75 Å². The molecule has 3 rings (SSSR count). The van der Waals surface area contributed by atoms with E-state index in [4.69, 9.17) is 34.8 Å². The number of nitrogens with zero attached hydrogens (tertiary/aromatic N) is 3. The van der Waals surface area contributed by atoms with Gasteiger partial charge in [0.1, 0.15) is 0 Å². The number of hydrogen-bond acceptors (Lipinski definition) is 4. The molecule has 0 unspecified atom stereocenters. The van der Waals surface area contributed by atoms with Crippen molar-refractivity contribution in [3.05, 3.63) is 57.5 Å². The number of anilines is 1. The summed E-state index contributed by atoms with van der Waals surface area (Å²) in [5.41, 5.74) is 1.48. The molecule has 9 heteroatoms. The topological polar surface area (TPSA) is 59.8 Å². The molecule has 0 fully saturated rings. The van der Waals surface area contributed by atoms with E-state index in [1.165, 1.54) is 11.8 Å². The first-order valence-electron chi connectivity index (χ1n) is 8.89. The molecule has 29 heavy (non-hydrogen) atoms. The number of rotatable bonds is 7. The summed E-state index contributed by atoms with van der Waals surface area (Å²) in [4.78, 5) is 12.4. The maximum absolute atomic E-state index is 12.4. The van der Waals surface area contributed by atoms with Gasteiger partial charge in [0.2, 0.25) is 5.91 Å². The summed E-state index contributed by atoms with van der Waals surface area (Å²) < 4.78 is 2.03. The number of carbonyl (C=O) groups is 1. The predicted octanol–water partition coefficient (Wildman–Crippen LogP) is 6.29. The van der Waals surface area contributed by atoms with Crippen LogP contribution in [0.4, 0.5) is 5.69 Å². The van der Waals surface area contributed by atoms with Gasteiger partial charge in [0.25, 0.3) is 0 Å². The van der Waals surface area contributed by atoms with Gasteiger partial charge < -0.3 is 9.88 Å². The Kier molecular flexibility index (Phi) is 7.46. The summed E-state index contributed by atoms with van der Waals surface area (Å²) in [5, 5.41) is 13.7. The van der Waals surface area contributed by atoms with Crippen LogP contribution in [0.2, 0.25) is 15.1 Å². The number of nitrogens with one attached hydrogen (secondary N) is 1.